The fourth-order valence-electron chi connectivity index (χ4n) is 2.88. The van der Waals surface area contributed by atoms with Crippen LogP contribution in [-0.2, 0) is 6.42 Å². The topological polar surface area (TPSA) is 62.5 Å². The number of phenolic OH excluding ortho intramolecular Hbond substituents is 1. The van der Waals surface area contributed by atoms with Crippen LogP contribution in [0.1, 0.15) is 23.0 Å². The lowest BCUT2D eigenvalue weighted by molar-refractivity contribution is 0.0698. The number of hydrogen-bond acceptors (Lipinski definition) is 2. The molecule has 0 saturated heterocycles. The van der Waals surface area contributed by atoms with Crippen LogP contribution in [0.2, 0.25) is 0 Å². The molecule has 23 heavy (non-hydrogen) atoms. The van der Waals surface area contributed by atoms with Gasteiger partial charge in [-0.2, -0.15) is 0 Å². The summed E-state index contributed by atoms with van der Waals surface area (Å²) in [5.74, 6) is -0.778. The molecule has 4 heteroatoms. The predicted octanol–water partition coefficient (Wildman–Crippen LogP) is 4.15. The van der Waals surface area contributed by atoms with E-state index in [4.69, 9.17) is 0 Å². The van der Waals surface area contributed by atoms with Crippen LogP contribution in [0, 0.1) is 0 Å². The second-order valence-electron chi connectivity index (χ2n) is 5.63. The number of aromatic nitrogens is 1. The Morgan fingerprint density at radius 1 is 1.13 bits per heavy atom. The number of phenols is 1. The lowest BCUT2D eigenvalue weighted by Gasteiger charge is -2.12. The van der Waals surface area contributed by atoms with Crippen molar-refractivity contribution in [2.75, 3.05) is 0 Å². The summed E-state index contributed by atoms with van der Waals surface area (Å²) >= 11 is 0. The summed E-state index contributed by atoms with van der Waals surface area (Å²) in [7, 11) is 0. The molecule has 116 valence electrons. The van der Waals surface area contributed by atoms with Gasteiger partial charge in [-0.25, -0.2) is 4.79 Å². The first-order chi connectivity index (χ1) is 11.0. The van der Waals surface area contributed by atoms with Crippen molar-refractivity contribution in [3.8, 4) is 11.4 Å². The Balaban J connectivity index is 2.40. The van der Waals surface area contributed by atoms with Gasteiger partial charge in [-0.15, -0.1) is 0 Å². The molecule has 0 amide bonds. The molecule has 0 fully saturated rings. The van der Waals surface area contributed by atoms with E-state index in [2.05, 4.69) is 6.58 Å². The van der Waals surface area contributed by atoms with Crippen molar-refractivity contribution < 1.29 is 15.0 Å². The molecule has 2 aromatic carbocycles. The summed E-state index contributed by atoms with van der Waals surface area (Å²) < 4.78 is 1.92. The van der Waals surface area contributed by atoms with E-state index in [1.54, 1.807) is 24.3 Å². The maximum Gasteiger partial charge on any atom is 0.338 e. The fourth-order valence-corrected chi connectivity index (χ4v) is 2.88. The van der Waals surface area contributed by atoms with Crippen LogP contribution < -0.4 is 0 Å². The molecular formula is C19H17NO3. The maximum atomic E-state index is 11.8. The van der Waals surface area contributed by atoms with Gasteiger partial charge in [0.2, 0.25) is 0 Å². The Labute approximate surface area is 133 Å². The molecule has 4 nitrogen and oxygen atoms in total. The average Bonchev–Trinajstić information content (AvgIpc) is 2.81. The number of carboxylic acid groups (broad SMARTS) is 1. The van der Waals surface area contributed by atoms with Crippen LogP contribution in [0.3, 0.4) is 0 Å². The summed E-state index contributed by atoms with van der Waals surface area (Å²) in [4.78, 5) is 11.8. The third-order valence-corrected chi connectivity index (χ3v) is 3.76. The number of hydrogen-bond donors (Lipinski definition) is 2. The number of aromatic carboxylic acids is 1. The molecule has 1 aromatic heterocycles. The van der Waals surface area contributed by atoms with E-state index >= 15 is 0 Å². The molecular weight excluding hydrogens is 290 g/mol. The number of aromatic hydroxyl groups is 1. The highest BCUT2D eigenvalue weighted by molar-refractivity contribution is 6.05. The molecule has 1 heterocycles. The number of nitrogens with zero attached hydrogens (tertiary/aromatic N) is 1. The van der Waals surface area contributed by atoms with Crippen molar-refractivity contribution in [2.45, 2.75) is 13.3 Å². The Kier molecular flexibility index (Phi) is 3.66. The highest BCUT2D eigenvalue weighted by atomic mass is 16.4. The number of para-hydroxylation sites is 1. The Bertz CT molecular complexity index is 904. The van der Waals surface area contributed by atoms with Gasteiger partial charge in [0.25, 0.3) is 0 Å². The van der Waals surface area contributed by atoms with Crippen molar-refractivity contribution >= 4 is 16.9 Å². The molecule has 0 spiro atoms. The van der Waals surface area contributed by atoms with Gasteiger partial charge in [-0.3, -0.25) is 0 Å². The van der Waals surface area contributed by atoms with E-state index in [9.17, 15) is 15.0 Å². The van der Waals surface area contributed by atoms with E-state index in [1.165, 1.54) is 0 Å². The summed E-state index contributed by atoms with van der Waals surface area (Å²) in [5.41, 5.74) is 3.51. The Morgan fingerprint density at radius 2 is 1.78 bits per heavy atom. The van der Waals surface area contributed by atoms with Crippen molar-refractivity contribution in [2.24, 2.45) is 0 Å². The number of benzene rings is 2. The van der Waals surface area contributed by atoms with Crippen molar-refractivity contribution in [1.82, 2.24) is 4.57 Å². The number of carbonyl (C=O) groups is 1. The monoisotopic (exact) mass is 307 g/mol. The van der Waals surface area contributed by atoms with E-state index < -0.39 is 5.97 Å². The zero-order valence-corrected chi connectivity index (χ0v) is 12.8. The quantitative estimate of drug-likeness (QED) is 0.712. The van der Waals surface area contributed by atoms with Gasteiger partial charge in [0.1, 0.15) is 5.75 Å². The Hall–Kier alpha value is -3.01. The van der Waals surface area contributed by atoms with Gasteiger partial charge < -0.3 is 14.8 Å². The summed E-state index contributed by atoms with van der Waals surface area (Å²) in [6.45, 7) is 5.80. The lowest BCUT2D eigenvalue weighted by Crippen LogP contribution is -2.06. The molecule has 0 bridgehead atoms. The van der Waals surface area contributed by atoms with E-state index in [1.807, 2.05) is 35.8 Å². The fraction of sp³-hybridized carbons (Fsp3) is 0.105. The van der Waals surface area contributed by atoms with Gasteiger partial charge in [0, 0.05) is 23.2 Å². The van der Waals surface area contributed by atoms with Gasteiger partial charge >= 0.3 is 5.97 Å². The molecule has 0 saturated carbocycles. The minimum atomic E-state index is -0.949. The standard InChI is InChI=1S/C19H17NO3/c1-12(2)11-17-18(19(22)23)15-5-3-4-6-16(15)20(17)13-7-9-14(21)10-8-13/h3-10,21H,1,11H2,2H3,(H,22,23). The van der Waals surface area contributed by atoms with Gasteiger partial charge in [0.05, 0.1) is 11.1 Å². The molecule has 0 aliphatic carbocycles. The van der Waals surface area contributed by atoms with Crippen LogP contribution in [0.5, 0.6) is 5.75 Å². The van der Waals surface area contributed by atoms with Crippen LogP contribution >= 0.6 is 0 Å². The third-order valence-electron chi connectivity index (χ3n) is 3.76. The molecule has 0 aliphatic heterocycles. The van der Waals surface area contributed by atoms with Crippen LogP contribution in [-0.4, -0.2) is 20.7 Å². The van der Waals surface area contributed by atoms with Crippen molar-refractivity contribution in [3.63, 3.8) is 0 Å². The van der Waals surface area contributed by atoms with E-state index in [-0.39, 0.29) is 5.75 Å². The molecule has 0 unspecified atom stereocenters. The Morgan fingerprint density at radius 3 is 2.39 bits per heavy atom. The largest absolute Gasteiger partial charge is 0.508 e. The zero-order valence-electron chi connectivity index (χ0n) is 12.8. The molecule has 0 radical (unpaired) electrons. The number of fused-ring (bicyclic) bond motifs is 1. The summed E-state index contributed by atoms with van der Waals surface area (Å²) in [5, 5.41) is 19.9. The SMILES string of the molecule is C=C(C)Cc1c(C(=O)O)c2ccccc2n1-c1ccc(O)cc1. The minimum absolute atomic E-state index is 0.171. The highest BCUT2D eigenvalue weighted by Crippen LogP contribution is 2.31. The van der Waals surface area contributed by atoms with Crippen molar-refractivity contribution in [1.29, 1.82) is 0 Å². The first kappa shape index (κ1) is 14.9. The first-order valence-electron chi connectivity index (χ1n) is 7.28. The third kappa shape index (κ3) is 2.59. The van der Waals surface area contributed by atoms with Crippen LogP contribution in [0.4, 0.5) is 0 Å². The first-order valence-corrected chi connectivity index (χ1v) is 7.28. The van der Waals surface area contributed by atoms with Crippen molar-refractivity contribution in [3.05, 3.63) is 71.9 Å². The summed E-state index contributed by atoms with van der Waals surface area (Å²) in [6, 6.07) is 14.2. The normalized spacial score (nSPS) is 10.8. The van der Waals surface area contributed by atoms with Gasteiger partial charge in [-0.1, -0.05) is 30.4 Å². The second kappa shape index (κ2) is 5.65. The highest BCUT2D eigenvalue weighted by Gasteiger charge is 2.22. The van der Waals surface area contributed by atoms with Crippen LogP contribution in [0.15, 0.2) is 60.7 Å². The molecule has 2 N–H and O–H groups in total. The average molecular weight is 307 g/mol. The number of allylic oxidation sites excluding steroid dienone is 1. The van der Waals surface area contributed by atoms with Crippen LogP contribution in [0.25, 0.3) is 16.6 Å². The molecule has 3 rings (SSSR count). The number of rotatable bonds is 4. The molecule has 3 aromatic rings. The van der Waals surface area contributed by atoms with E-state index in [0.717, 1.165) is 16.8 Å². The molecule has 0 aliphatic rings. The zero-order chi connectivity index (χ0) is 16.6. The van der Waals surface area contributed by atoms with E-state index in [0.29, 0.717) is 23.1 Å². The summed E-state index contributed by atoms with van der Waals surface area (Å²) in [6.07, 6.45) is 0.469. The molecule has 0 atom stereocenters. The maximum absolute atomic E-state index is 11.8. The van der Waals surface area contributed by atoms with Gasteiger partial charge in [-0.05, 0) is 37.3 Å². The minimum Gasteiger partial charge on any atom is -0.508 e. The second-order valence-corrected chi connectivity index (χ2v) is 5.63. The lowest BCUT2D eigenvalue weighted by atomic mass is 10.1. The smallest absolute Gasteiger partial charge is 0.338 e. The van der Waals surface area contributed by atoms with Gasteiger partial charge in [0.15, 0.2) is 0 Å². The number of carboxylic acids is 1. The predicted molar refractivity (Wildman–Crippen MR) is 90.4 cm³/mol.